The highest BCUT2D eigenvalue weighted by atomic mass is 16.7. The fourth-order valence-electron chi connectivity index (χ4n) is 4.22. The number of ether oxygens (including phenoxy) is 2. The van der Waals surface area contributed by atoms with Crippen LogP contribution < -0.4 is 14.8 Å². The maximum Gasteiger partial charge on any atom is 0.231 e. The zero-order valence-electron chi connectivity index (χ0n) is 16.1. The number of anilines is 1. The Morgan fingerprint density at radius 1 is 1.04 bits per heavy atom. The van der Waals surface area contributed by atoms with Crippen LogP contribution in [0.1, 0.15) is 40.3 Å². The molecule has 6 heteroatoms. The van der Waals surface area contributed by atoms with Gasteiger partial charge in [0.05, 0.1) is 11.4 Å². The minimum Gasteiger partial charge on any atom is -0.454 e. The number of carbonyl (C=O) groups is 1. The summed E-state index contributed by atoms with van der Waals surface area (Å²) in [5.41, 5.74) is 6.27. The molecule has 0 bridgehead atoms. The molecule has 142 valence electrons. The van der Waals surface area contributed by atoms with Gasteiger partial charge in [0.1, 0.15) is 5.82 Å². The first-order valence-electron chi connectivity index (χ1n) is 9.37. The van der Waals surface area contributed by atoms with E-state index in [9.17, 15) is 4.79 Å². The van der Waals surface area contributed by atoms with Crippen LogP contribution in [0, 0.1) is 20.8 Å². The van der Waals surface area contributed by atoms with Crippen molar-refractivity contribution in [3.8, 4) is 17.2 Å². The quantitative estimate of drug-likeness (QED) is 0.735. The molecule has 3 heterocycles. The molecular formula is C22H21N3O3. The third-order valence-electron chi connectivity index (χ3n) is 5.35. The van der Waals surface area contributed by atoms with Crippen LogP contribution in [0.5, 0.6) is 11.5 Å². The second-order valence-corrected chi connectivity index (χ2v) is 7.52. The van der Waals surface area contributed by atoms with Gasteiger partial charge < -0.3 is 14.8 Å². The first kappa shape index (κ1) is 16.9. The van der Waals surface area contributed by atoms with Crippen LogP contribution >= 0.6 is 0 Å². The number of fused-ring (bicyclic) bond motifs is 2. The molecule has 2 aromatic carbocycles. The van der Waals surface area contributed by atoms with E-state index in [-0.39, 0.29) is 18.6 Å². The third-order valence-corrected chi connectivity index (χ3v) is 5.35. The van der Waals surface area contributed by atoms with Crippen LogP contribution in [0.25, 0.3) is 5.69 Å². The minimum atomic E-state index is -0.0714. The molecule has 0 radical (unpaired) electrons. The monoisotopic (exact) mass is 375 g/mol. The molecule has 0 aliphatic carbocycles. The lowest BCUT2D eigenvalue weighted by molar-refractivity contribution is -0.116. The molecule has 1 atom stereocenters. The number of hydrogen-bond donors (Lipinski definition) is 1. The Kier molecular flexibility index (Phi) is 3.69. The van der Waals surface area contributed by atoms with Gasteiger partial charge in [-0.05, 0) is 61.7 Å². The number of carbonyl (C=O) groups excluding carboxylic acids is 1. The maximum atomic E-state index is 12.6. The molecule has 5 rings (SSSR count). The van der Waals surface area contributed by atoms with Gasteiger partial charge >= 0.3 is 0 Å². The van der Waals surface area contributed by atoms with Crippen LogP contribution in [0.2, 0.25) is 0 Å². The SMILES string of the molecule is Cc1cc(C)cc(-n2nc(C)c3c2NC(=O)C[C@@H]3c2ccc3c(c2)OCO3)c1. The van der Waals surface area contributed by atoms with E-state index >= 15 is 0 Å². The molecule has 3 aromatic rings. The Morgan fingerprint density at radius 3 is 2.57 bits per heavy atom. The predicted octanol–water partition coefficient (Wildman–Crippen LogP) is 4.00. The fourth-order valence-corrected chi connectivity index (χ4v) is 4.22. The summed E-state index contributed by atoms with van der Waals surface area (Å²) < 4.78 is 12.8. The molecule has 0 saturated heterocycles. The Labute approximate surface area is 163 Å². The molecule has 0 spiro atoms. The zero-order chi connectivity index (χ0) is 19.4. The van der Waals surface area contributed by atoms with Crippen molar-refractivity contribution in [1.29, 1.82) is 0 Å². The molecule has 1 amide bonds. The molecule has 28 heavy (non-hydrogen) atoms. The van der Waals surface area contributed by atoms with Gasteiger partial charge in [-0.1, -0.05) is 12.1 Å². The number of nitrogens with zero attached hydrogens (tertiary/aromatic N) is 2. The third kappa shape index (κ3) is 2.64. The number of hydrogen-bond acceptors (Lipinski definition) is 4. The van der Waals surface area contributed by atoms with Gasteiger partial charge in [0.25, 0.3) is 0 Å². The van der Waals surface area contributed by atoms with E-state index in [1.807, 2.05) is 29.8 Å². The van der Waals surface area contributed by atoms with Crippen molar-refractivity contribution in [2.75, 3.05) is 12.1 Å². The van der Waals surface area contributed by atoms with Crippen LogP contribution in [0.3, 0.4) is 0 Å². The van der Waals surface area contributed by atoms with Crippen molar-refractivity contribution in [2.45, 2.75) is 33.1 Å². The van der Waals surface area contributed by atoms with E-state index in [0.717, 1.165) is 51.0 Å². The van der Waals surface area contributed by atoms with Crippen molar-refractivity contribution in [2.24, 2.45) is 0 Å². The molecule has 0 saturated carbocycles. The number of aryl methyl sites for hydroxylation is 3. The average molecular weight is 375 g/mol. The van der Waals surface area contributed by atoms with Crippen molar-refractivity contribution >= 4 is 11.7 Å². The van der Waals surface area contributed by atoms with Gasteiger partial charge in [-0.25, -0.2) is 4.68 Å². The fraction of sp³-hybridized carbons (Fsp3) is 0.273. The van der Waals surface area contributed by atoms with Gasteiger partial charge in [0, 0.05) is 17.9 Å². The summed E-state index contributed by atoms with van der Waals surface area (Å²) in [4.78, 5) is 12.6. The van der Waals surface area contributed by atoms with E-state index < -0.39 is 0 Å². The average Bonchev–Trinajstić information content (AvgIpc) is 3.24. The number of nitrogens with one attached hydrogen (secondary N) is 1. The Bertz CT molecular complexity index is 1100. The van der Waals surface area contributed by atoms with Crippen LogP contribution in [0.4, 0.5) is 5.82 Å². The molecule has 2 aliphatic rings. The van der Waals surface area contributed by atoms with E-state index in [2.05, 4.69) is 37.4 Å². The van der Waals surface area contributed by atoms with Crippen molar-refractivity contribution < 1.29 is 14.3 Å². The second kappa shape index (κ2) is 6.12. The largest absolute Gasteiger partial charge is 0.454 e. The molecule has 2 aliphatic heterocycles. The van der Waals surface area contributed by atoms with Gasteiger partial charge in [-0.2, -0.15) is 5.10 Å². The second-order valence-electron chi connectivity index (χ2n) is 7.52. The van der Waals surface area contributed by atoms with Gasteiger partial charge in [-0.3, -0.25) is 4.79 Å². The first-order valence-corrected chi connectivity index (χ1v) is 9.37. The lowest BCUT2D eigenvalue weighted by atomic mass is 9.85. The van der Waals surface area contributed by atoms with Gasteiger partial charge in [-0.15, -0.1) is 0 Å². The number of aromatic nitrogens is 2. The zero-order valence-corrected chi connectivity index (χ0v) is 16.1. The lowest BCUT2D eigenvalue weighted by Gasteiger charge is -2.24. The first-order chi connectivity index (χ1) is 13.5. The Morgan fingerprint density at radius 2 is 1.79 bits per heavy atom. The summed E-state index contributed by atoms with van der Waals surface area (Å²) in [7, 11) is 0. The van der Waals surface area contributed by atoms with Gasteiger partial charge in [0.2, 0.25) is 12.7 Å². The van der Waals surface area contributed by atoms with Crippen molar-refractivity contribution in [1.82, 2.24) is 9.78 Å². The number of amides is 1. The highest BCUT2D eigenvalue weighted by molar-refractivity contribution is 5.95. The summed E-state index contributed by atoms with van der Waals surface area (Å²) in [5, 5.41) is 7.82. The minimum absolute atomic E-state index is 0.0132. The highest BCUT2D eigenvalue weighted by Gasteiger charge is 2.33. The standard InChI is InChI=1S/C22H21N3O3/c1-12-6-13(2)8-16(7-12)25-22-21(14(3)24-25)17(10-20(26)23-22)15-4-5-18-19(9-15)28-11-27-18/h4-9,17H,10-11H2,1-3H3,(H,23,26)/t17-/m1/s1. The van der Waals surface area contributed by atoms with Crippen LogP contribution in [-0.4, -0.2) is 22.5 Å². The van der Waals surface area contributed by atoms with E-state index in [4.69, 9.17) is 14.6 Å². The lowest BCUT2D eigenvalue weighted by Crippen LogP contribution is -2.25. The summed E-state index contributed by atoms with van der Waals surface area (Å²) in [6.45, 7) is 6.36. The molecule has 6 nitrogen and oxygen atoms in total. The van der Waals surface area contributed by atoms with E-state index in [1.165, 1.54) is 0 Å². The molecule has 1 N–H and O–H groups in total. The normalized spacial score (nSPS) is 17.4. The predicted molar refractivity (Wildman–Crippen MR) is 105 cm³/mol. The summed E-state index contributed by atoms with van der Waals surface area (Å²) in [6.07, 6.45) is 0.381. The smallest absolute Gasteiger partial charge is 0.231 e. The maximum absolute atomic E-state index is 12.6. The molecule has 0 fully saturated rings. The Balaban J connectivity index is 1.65. The number of rotatable bonds is 2. The van der Waals surface area contributed by atoms with Crippen LogP contribution in [0.15, 0.2) is 36.4 Å². The summed E-state index contributed by atoms with van der Waals surface area (Å²) >= 11 is 0. The Hall–Kier alpha value is -3.28. The molecular weight excluding hydrogens is 354 g/mol. The van der Waals surface area contributed by atoms with E-state index in [1.54, 1.807) is 0 Å². The van der Waals surface area contributed by atoms with Crippen LogP contribution in [-0.2, 0) is 4.79 Å². The highest BCUT2D eigenvalue weighted by Crippen LogP contribution is 2.43. The van der Waals surface area contributed by atoms with E-state index in [0.29, 0.717) is 6.42 Å². The van der Waals surface area contributed by atoms with Crippen molar-refractivity contribution in [3.63, 3.8) is 0 Å². The van der Waals surface area contributed by atoms with Crippen molar-refractivity contribution in [3.05, 3.63) is 64.3 Å². The summed E-state index contributed by atoms with van der Waals surface area (Å²) in [6, 6.07) is 12.2. The molecule has 0 unspecified atom stereocenters. The van der Waals surface area contributed by atoms with Gasteiger partial charge in [0.15, 0.2) is 11.5 Å². The topological polar surface area (TPSA) is 65.4 Å². The molecule has 1 aromatic heterocycles. The number of benzene rings is 2. The summed E-state index contributed by atoms with van der Waals surface area (Å²) in [5.74, 6) is 2.14.